The molecule has 2 aromatic rings. The van der Waals surface area contributed by atoms with Crippen LogP contribution in [0.15, 0.2) is 48.5 Å². The normalized spacial score (nSPS) is 13.4. The summed E-state index contributed by atoms with van der Waals surface area (Å²) in [6, 6.07) is 14.1. The van der Waals surface area contributed by atoms with Crippen LogP contribution < -0.4 is 16.0 Å². The summed E-state index contributed by atoms with van der Waals surface area (Å²) in [5.41, 5.74) is 8.31. The van der Waals surface area contributed by atoms with E-state index in [9.17, 15) is 9.59 Å². The van der Waals surface area contributed by atoms with Gasteiger partial charge in [-0.2, -0.15) is 0 Å². The maximum atomic E-state index is 12.8. The number of carbonyl (C=O) groups excluding carboxylic acids is 2. The number of nitrogens with two attached hydrogens (primary N) is 1. The van der Waals surface area contributed by atoms with Crippen molar-refractivity contribution in [2.24, 2.45) is 5.73 Å². The number of carbonyl (C=O) groups is 2. The third-order valence-electron chi connectivity index (χ3n) is 3.73. The van der Waals surface area contributed by atoms with E-state index in [2.05, 4.69) is 11.4 Å². The van der Waals surface area contributed by atoms with Gasteiger partial charge in [-0.05, 0) is 42.7 Å². The van der Waals surface area contributed by atoms with Crippen LogP contribution in [0.1, 0.15) is 22.3 Å². The number of rotatable bonds is 2. The van der Waals surface area contributed by atoms with Gasteiger partial charge in [0.25, 0.3) is 5.91 Å². The lowest BCUT2D eigenvalue weighted by Gasteiger charge is -2.29. The summed E-state index contributed by atoms with van der Waals surface area (Å²) in [7, 11) is 0. The van der Waals surface area contributed by atoms with Gasteiger partial charge in [-0.3, -0.25) is 4.79 Å². The molecule has 3 N–H and O–H groups in total. The number of primary amides is 1. The molecule has 0 aromatic heterocycles. The second-order valence-corrected chi connectivity index (χ2v) is 5.26. The van der Waals surface area contributed by atoms with Gasteiger partial charge in [0.05, 0.1) is 0 Å². The van der Waals surface area contributed by atoms with Gasteiger partial charge in [0, 0.05) is 23.5 Å². The SMILES string of the molecule is NC(=O)Nc1cccc(C(=O)N2CCCc3ccccc32)c1. The monoisotopic (exact) mass is 295 g/mol. The number of aryl methyl sites for hydroxylation is 1. The van der Waals surface area contributed by atoms with Crippen LogP contribution in [-0.4, -0.2) is 18.5 Å². The molecular weight excluding hydrogens is 278 g/mol. The first-order valence-electron chi connectivity index (χ1n) is 7.21. The summed E-state index contributed by atoms with van der Waals surface area (Å²) >= 11 is 0. The quantitative estimate of drug-likeness (QED) is 0.894. The van der Waals surface area contributed by atoms with E-state index in [1.165, 1.54) is 5.56 Å². The topological polar surface area (TPSA) is 75.4 Å². The number of para-hydroxylation sites is 1. The summed E-state index contributed by atoms with van der Waals surface area (Å²) in [6.45, 7) is 0.698. The number of urea groups is 1. The van der Waals surface area contributed by atoms with E-state index in [-0.39, 0.29) is 5.91 Å². The first-order valence-corrected chi connectivity index (χ1v) is 7.21. The molecule has 2 aromatic carbocycles. The van der Waals surface area contributed by atoms with Crippen molar-refractivity contribution in [3.8, 4) is 0 Å². The number of hydrogen-bond donors (Lipinski definition) is 2. The second kappa shape index (κ2) is 5.89. The van der Waals surface area contributed by atoms with E-state index >= 15 is 0 Å². The van der Waals surface area contributed by atoms with Gasteiger partial charge in [0.15, 0.2) is 0 Å². The van der Waals surface area contributed by atoms with Gasteiger partial charge in [0.1, 0.15) is 0 Å². The molecule has 0 atom stereocenters. The lowest BCUT2D eigenvalue weighted by Crippen LogP contribution is -2.35. The Morgan fingerprint density at radius 1 is 1.09 bits per heavy atom. The Morgan fingerprint density at radius 2 is 1.91 bits per heavy atom. The van der Waals surface area contributed by atoms with Crippen molar-refractivity contribution in [3.63, 3.8) is 0 Å². The van der Waals surface area contributed by atoms with Crippen molar-refractivity contribution in [2.75, 3.05) is 16.8 Å². The van der Waals surface area contributed by atoms with E-state index in [4.69, 9.17) is 5.73 Å². The molecule has 5 heteroatoms. The average molecular weight is 295 g/mol. The van der Waals surface area contributed by atoms with Crippen molar-refractivity contribution in [1.82, 2.24) is 0 Å². The summed E-state index contributed by atoms with van der Waals surface area (Å²) in [6.07, 6.45) is 1.94. The molecule has 0 saturated heterocycles. The smallest absolute Gasteiger partial charge is 0.316 e. The number of hydrogen-bond acceptors (Lipinski definition) is 2. The zero-order valence-corrected chi connectivity index (χ0v) is 12.1. The highest BCUT2D eigenvalue weighted by molar-refractivity contribution is 6.07. The molecule has 22 heavy (non-hydrogen) atoms. The molecule has 0 aliphatic carbocycles. The van der Waals surface area contributed by atoms with Crippen molar-refractivity contribution >= 4 is 23.3 Å². The summed E-state index contributed by atoms with van der Waals surface area (Å²) in [5, 5.41) is 2.49. The maximum absolute atomic E-state index is 12.8. The number of fused-ring (bicyclic) bond motifs is 1. The molecule has 0 fully saturated rings. The second-order valence-electron chi connectivity index (χ2n) is 5.26. The van der Waals surface area contributed by atoms with E-state index in [0.29, 0.717) is 17.8 Å². The molecule has 1 aliphatic heterocycles. The minimum absolute atomic E-state index is 0.0692. The summed E-state index contributed by atoms with van der Waals surface area (Å²) < 4.78 is 0. The van der Waals surface area contributed by atoms with Crippen LogP contribution in [0.2, 0.25) is 0 Å². The van der Waals surface area contributed by atoms with Crippen LogP contribution in [0.3, 0.4) is 0 Å². The molecule has 0 saturated carbocycles. The lowest BCUT2D eigenvalue weighted by atomic mass is 10.0. The average Bonchev–Trinajstić information content (AvgIpc) is 2.53. The number of nitrogens with one attached hydrogen (secondary N) is 1. The van der Waals surface area contributed by atoms with Gasteiger partial charge in [0.2, 0.25) is 0 Å². The first-order chi connectivity index (χ1) is 10.6. The zero-order chi connectivity index (χ0) is 15.5. The van der Waals surface area contributed by atoms with Crippen LogP contribution >= 0.6 is 0 Å². The molecule has 112 valence electrons. The molecule has 0 spiro atoms. The summed E-state index contributed by atoms with van der Waals surface area (Å²) in [5.74, 6) is -0.0692. The predicted octanol–water partition coefficient (Wildman–Crippen LogP) is 2.77. The Balaban J connectivity index is 1.90. The van der Waals surface area contributed by atoms with Gasteiger partial charge < -0.3 is 16.0 Å². The van der Waals surface area contributed by atoms with Crippen molar-refractivity contribution in [3.05, 3.63) is 59.7 Å². The van der Waals surface area contributed by atoms with Crippen LogP contribution in [0.5, 0.6) is 0 Å². The fourth-order valence-corrected chi connectivity index (χ4v) is 2.77. The first kappa shape index (κ1) is 14.1. The molecule has 1 heterocycles. The number of benzene rings is 2. The largest absolute Gasteiger partial charge is 0.351 e. The molecular formula is C17H17N3O2. The van der Waals surface area contributed by atoms with E-state index in [1.807, 2.05) is 18.2 Å². The third kappa shape index (κ3) is 2.79. The van der Waals surface area contributed by atoms with Gasteiger partial charge >= 0.3 is 6.03 Å². The number of nitrogens with zero attached hydrogens (tertiary/aromatic N) is 1. The van der Waals surface area contributed by atoms with Crippen molar-refractivity contribution in [2.45, 2.75) is 12.8 Å². The van der Waals surface area contributed by atoms with E-state index < -0.39 is 6.03 Å². The number of amides is 3. The molecule has 0 bridgehead atoms. The standard InChI is InChI=1S/C17H17N3O2/c18-17(22)19-14-8-3-6-13(11-14)16(21)20-10-4-7-12-5-1-2-9-15(12)20/h1-3,5-6,8-9,11H,4,7,10H2,(H3,18,19,22). The Hall–Kier alpha value is -2.82. The highest BCUT2D eigenvalue weighted by atomic mass is 16.2. The number of anilines is 2. The summed E-state index contributed by atoms with van der Waals surface area (Å²) in [4.78, 5) is 25.5. The van der Waals surface area contributed by atoms with Crippen LogP contribution in [0, 0.1) is 0 Å². The lowest BCUT2D eigenvalue weighted by molar-refractivity contribution is 0.0985. The fourth-order valence-electron chi connectivity index (χ4n) is 2.77. The molecule has 1 aliphatic rings. The predicted molar refractivity (Wildman–Crippen MR) is 86.1 cm³/mol. The van der Waals surface area contributed by atoms with Gasteiger partial charge in [-0.1, -0.05) is 24.3 Å². The van der Waals surface area contributed by atoms with Crippen LogP contribution in [0.25, 0.3) is 0 Å². The van der Waals surface area contributed by atoms with Crippen molar-refractivity contribution in [1.29, 1.82) is 0 Å². The third-order valence-corrected chi connectivity index (χ3v) is 3.73. The minimum Gasteiger partial charge on any atom is -0.351 e. The van der Waals surface area contributed by atoms with Gasteiger partial charge in [-0.15, -0.1) is 0 Å². The Morgan fingerprint density at radius 3 is 2.73 bits per heavy atom. The molecule has 5 nitrogen and oxygen atoms in total. The van der Waals surface area contributed by atoms with E-state index in [1.54, 1.807) is 29.2 Å². The van der Waals surface area contributed by atoms with Crippen LogP contribution in [0.4, 0.5) is 16.2 Å². The molecule has 0 unspecified atom stereocenters. The Kier molecular flexibility index (Phi) is 3.78. The Bertz CT molecular complexity index is 727. The zero-order valence-electron chi connectivity index (χ0n) is 12.1. The molecule has 3 amide bonds. The minimum atomic E-state index is -0.645. The maximum Gasteiger partial charge on any atom is 0.316 e. The van der Waals surface area contributed by atoms with E-state index in [0.717, 1.165) is 18.5 Å². The Labute approximate surface area is 128 Å². The van der Waals surface area contributed by atoms with Crippen LogP contribution in [-0.2, 0) is 6.42 Å². The molecule has 0 radical (unpaired) electrons. The highest BCUT2D eigenvalue weighted by Gasteiger charge is 2.23. The molecule has 3 rings (SSSR count). The highest BCUT2D eigenvalue weighted by Crippen LogP contribution is 2.28. The fraction of sp³-hybridized carbons (Fsp3) is 0.176. The van der Waals surface area contributed by atoms with Crippen molar-refractivity contribution < 1.29 is 9.59 Å². The van der Waals surface area contributed by atoms with Gasteiger partial charge in [-0.25, -0.2) is 4.79 Å².